The molecule has 2 N–H and O–H groups in total. The van der Waals surface area contributed by atoms with Crippen molar-refractivity contribution >= 4 is 11.8 Å². The molecule has 1 fully saturated rings. The van der Waals surface area contributed by atoms with Crippen molar-refractivity contribution < 1.29 is 14.7 Å². The highest BCUT2D eigenvalue weighted by atomic mass is 16.3. The smallest absolute Gasteiger partial charge is 0.246 e. The summed E-state index contributed by atoms with van der Waals surface area (Å²) in [5.74, 6) is -0.299. The van der Waals surface area contributed by atoms with E-state index < -0.39 is 6.04 Å². The van der Waals surface area contributed by atoms with Crippen molar-refractivity contribution in [2.75, 3.05) is 20.2 Å². The molecule has 0 aromatic carbocycles. The molecule has 0 bridgehead atoms. The predicted molar refractivity (Wildman–Crippen MR) is 59.7 cm³/mol. The van der Waals surface area contributed by atoms with Crippen LogP contribution in [0.4, 0.5) is 0 Å². The summed E-state index contributed by atoms with van der Waals surface area (Å²) < 4.78 is 0. The van der Waals surface area contributed by atoms with Crippen molar-refractivity contribution in [1.29, 1.82) is 0 Å². The summed E-state index contributed by atoms with van der Waals surface area (Å²) in [6.45, 7) is 4.78. The number of nitrogens with zero attached hydrogens (tertiary/aromatic N) is 1. The van der Waals surface area contributed by atoms with Crippen LogP contribution in [0.3, 0.4) is 0 Å². The zero-order valence-electron chi connectivity index (χ0n) is 10.1. The van der Waals surface area contributed by atoms with Gasteiger partial charge in [0.1, 0.15) is 0 Å². The molecule has 5 nitrogen and oxygen atoms in total. The van der Waals surface area contributed by atoms with Gasteiger partial charge in [-0.2, -0.15) is 0 Å². The van der Waals surface area contributed by atoms with Gasteiger partial charge in [-0.15, -0.1) is 0 Å². The first kappa shape index (κ1) is 13.1. The van der Waals surface area contributed by atoms with Crippen LogP contribution in [0, 0.1) is 5.41 Å². The Morgan fingerprint density at radius 3 is 2.56 bits per heavy atom. The van der Waals surface area contributed by atoms with Crippen molar-refractivity contribution in [2.24, 2.45) is 5.41 Å². The van der Waals surface area contributed by atoms with Crippen LogP contribution in [0.15, 0.2) is 0 Å². The minimum atomic E-state index is -0.393. The summed E-state index contributed by atoms with van der Waals surface area (Å²) >= 11 is 0. The van der Waals surface area contributed by atoms with E-state index in [-0.39, 0.29) is 30.3 Å². The lowest BCUT2D eigenvalue weighted by molar-refractivity contribution is -0.137. The highest BCUT2D eigenvalue weighted by Crippen LogP contribution is 2.19. The standard InChI is InChI=1S/C11H20N2O3/c1-11(2,4-5-14)7-12-8-6-9(15)13(3)10(8)16/h8,12,14H,4-7H2,1-3H3. The van der Waals surface area contributed by atoms with E-state index in [4.69, 9.17) is 5.11 Å². The normalized spacial score (nSPS) is 22.0. The van der Waals surface area contributed by atoms with Crippen molar-refractivity contribution in [3.05, 3.63) is 0 Å². The molecule has 1 atom stereocenters. The van der Waals surface area contributed by atoms with Crippen molar-refractivity contribution in [3.63, 3.8) is 0 Å². The van der Waals surface area contributed by atoms with Crippen molar-refractivity contribution in [3.8, 4) is 0 Å². The number of imide groups is 1. The van der Waals surface area contributed by atoms with Gasteiger partial charge in [-0.25, -0.2) is 0 Å². The van der Waals surface area contributed by atoms with Gasteiger partial charge in [0, 0.05) is 20.2 Å². The minimum absolute atomic E-state index is 0.0702. The van der Waals surface area contributed by atoms with E-state index in [9.17, 15) is 9.59 Å². The van der Waals surface area contributed by atoms with Gasteiger partial charge < -0.3 is 10.4 Å². The van der Waals surface area contributed by atoms with Crippen LogP contribution >= 0.6 is 0 Å². The second-order valence-corrected chi connectivity index (χ2v) is 5.07. The van der Waals surface area contributed by atoms with Crippen molar-refractivity contribution in [1.82, 2.24) is 10.2 Å². The van der Waals surface area contributed by atoms with Crippen LogP contribution < -0.4 is 5.32 Å². The highest BCUT2D eigenvalue weighted by molar-refractivity contribution is 6.05. The van der Waals surface area contributed by atoms with E-state index in [1.54, 1.807) is 0 Å². The maximum Gasteiger partial charge on any atom is 0.246 e. The summed E-state index contributed by atoms with van der Waals surface area (Å²) in [6, 6.07) is -0.393. The number of hydrogen-bond acceptors (Lipinski definition) is 4. The Labute approximate surface area is 95.8 Å². The lowest BCUT2D eigenvalue weighted by atomic mass is 9.89. The topological polar surface area (TPSA) is 69.6 Å². The molecule has 0 aliphatic carbocycles. The van der Waals surface area contributed by atoms with Gasteiger partial charge in [-0.3, -0.25) is 14.5 Å². The molecular formula is C11H20N2O3. The maximum atomic E-state index is 11.6. The number of likely N-dealkylation sites (tertiary alicyclic amines) is 1. The van der Waals surface area contributed by atoms with Crippen LogP contribution in [0.2, 0.25) is 0 Å². The molecule has 92 valence electrons. The molecule has 1 rings (SSSR count). The van der Waals surface area contributed by atoms with Crippen LogP contribution in [0.1, 0.15) is 26.7 Å². The zero-order chi connectivity index (χ0) is 12.3. The van der Waals surface area contributed by atoms with Gasteiger partial charge >= 0.3 is 0 Å². The van der Waals surface area contributed by atoms with Crippen LogP contribution in [-0.4, -0.2) is 48.1 Å². The molecular weight excluding hydrogens is 208 g/mol. The third-order valence-electron chi connectivity index (χ3n) is 3.00. The lowest BCUT2D eigenvalue weighted by Gasteiger charge is -2.25. The molecule has 1 unspecified atom stereocenters. The van der Waals surface area contributed by atoms with Gasteiger partial charge in [-0.05, 0) is 11.8 Å². The Hall–Kier alpha value is -0.940. The van der Waals surface area contributed by atoms with Gasteiger partial charge in [0.05, 0.1) is 12.5 Å². The summed E-state index contributed by atoms with van der Waals surface area (Å²) in [7, 11) is 1.51. The molecule has 16 heavy (non-hydrogen) atoms. The Balaban J connectivity index is 2.45. The molecule has 0 radical (unpaired) electrons. The fourth-order valence-corrected chi connectivity index (χ4v) is 1.71. The van der Waals surface area contributed by atoms with E-state index in [0.717, 1.165) is 4.90 Å². The molecule has 1 heterocycles. The van der Waals surface area contributed by atoms with Gasteiger partial charge in [0.2, 0.25) is 11.8 Å². The van der Waals surface area contributed by atoms with E-state index in [1.807, 2.05) is 13.8 Å². The third-order valence-corrected chi connectivity index (χ3v) is 3.00. The van der Waals surface area contributed by atoms with E-state index in [2.05, 4.69) is 5.32 Å². The van der Waals surface area contributed by atoms with Gasteiger partial charge in [0.15, 0.2) is 0 Å². The monoisotopic (exact) mass is 228 g/mol. The van der Waals surface area contributed by atoms with Crippen molar-refractivity contribution in [2.45, 2.75) is 32.7 Å². The molecule has 1 aliphatic rings. The zero-order valence-corrected chi connectivity index (χ0v) is 10.1. The van der Waals surface area contributed by atoms with Gasteiger partial charge in [0.25, 0.3) is 0 Å². The molecule has 0 aromatic rings. The SMILES string of the molecule is CN1C(=O)CC(NCC(C)(C)CCO)C1=O. The first-order valence-corrected chi connectivity index (χ1v) is 5.52. The Morgan fingerprint density at radius 2 is 2.12 bits per heavy atom. The average molecular weight is 228 g/mol. The number of hydrogen-bond donors (Lipinski definition) is 2. The summed E-state index contributed by atoms with van der Waals surface area (Å²) in [5, 5.41) is 12.0. The Morgan fingerprint density at radius 1 is 1.50 bits per heavy atom. The lowest BCUT2D eigenvalue weighted by Crippen LogP contribution is -2.41. The number of aliphatic hydroxyl groups excluding tert-OH is 1. The Kier molecular flexibility index (Phi) is 4.04. The van der Waals surface area contributed by atoms with Crippen LogP contribution in [-0.2, 0) is 9.59 Å². The number of carbonyl (C=O) groups is 2. The predicted octanol–water partition coefficient (Wildman–Crippen LogP) is -0.258. The average Bonchev–Trinajstić information content (AvgIpc) is 2.43. The summed E-state index contributed by atoms with van der Waals surface area (Å²) in [6.07, 6.45) is 0.912. The number of aliphatic hydroxyl groups is 1. The number of carbonyl (C=O) groups excluding carboxylic acids is 2. The molecule has 0 spiro atoms. The molecule has 1 aliphatic heterocycles. The number of amides is 2. The summed E-state index contributed by atoms with van der Waals surface area (Å²) in [4.78, 5) is 24.0. The van der Waals surface area contributed by atoms with E-state index >= 15 is 0 Å². The first-order valence-electron chi connectivity index (χ1n) is 5.52. The van der Waals surface area contributed by atoms with E-state index in [0.29, 0.717) is 13.0 Å². The molecule has 5 heteroatoms. The summed E-state index contributed by atoms with van der Waals surface area (Å²) in [5.41, 5.74) is -0.0702. The first-order chi connectivity index (χ1) is 7.37. The third kappa shape index (κ3) is 3.02. The molecule has 2 amide bonds. The second kappa shape index (κ2) is 4.93. The molecule has 0 saturated carbocycles. The highest BCUT2D eigenvalue weighted by Gasteiger charge is 2.36. The fraction of sp³-hybridized carbons (Fsp3) is 0.818. The fourth-order valence-electron chi connectivity index (χ4n) is 1.71. The van der Waals surface area contributed by atoms with Gasteiger partial charge in [-0.1, -0.05) is 13.8 Å². The maximum absolute atomic E-state index is 11.6. The second-order valence-electron chi connectivity index (χ2n) is 5.07. The minimum Gasteiger partial charge on any atom is -0.396 e. The number of nitrogens with one attached hydrogen (secondary N) is 1. The largest absolute Gasteiger partial charge is 0.396 e. The number of rotatable bonds is 5. The van der Waals surface area contributed by atoms with Crippen LogP contribution in [0.25, 0.3) is 0 Å². The van der Waals surface area contributed by atoms with E-state index in [1.165, 1.54) is 7.05 Å². The molecule has 0 aromatic heterocycles. The quantitative estimate of drug-likeness (QED) is 0.636. The Bertz CT molecular complexity index is 289. The molecule has 1 saturated heterocycles. The van der Waals surface area contributed by atoms with Crippen LogP contribution in [0.5, 0.6) is 0 Å². The number of likely N-dealkylation sites (N-methyl/N-ethyl adjacent to an activating group) is 1.